The molecule has 30 heavy (non-hydrogen) atoms. The molecule has 0 radical (unpaired) electrons. The first-order chi connectivity index (χ1) is 14.2. The maximum Gasteiger partial charge on any atom is 0.411 e. The summed E-state index contributed by atoms with van der Waals surface area (Å²) < 4.78 is 10.6. The fourth-order valence-corrected chi connectivity index (χ4v) is 8.35. The number of nitrogens with zero attached hydrogens (tertiary/aromatic N) is 1. The van der Waals surface area contributed by atoms with Crippen LogP contribution in [0.3, 0.4) is 0 Å². The van der Waals surface area contributed by atoms with Crippen molar-refractivity contribution in [2.45, 2.75) is 77.2 Å². The standard InChI is InChI=1S/C24H35NO5/c1-22-10-11-24(14-25(21(28)30-24)13-20(27)29-3)12-15(22)4-5-16-17-6-7-19(26)23(17,2)9-8-18(16)22/h15-18H,4-14H2,1-3H3. The number of ketones is 1. The summed E-state index contributed by atoms with van der Waals surface area (Å²) in [4.78, 5) is 38.2. The topological polar surface area (TPSA) is 72.9 Å². The van der Waals surface area contributed by atoms with Crippen LogP contribution in [0.2, 0.25) is 0 Å². The van der Waals surface area contributed by atoms with Crippen LogP contribution < -0.4 is 0 Å². The highest BCUT2D eigenvalue weighted by Gasteiger charge is 2.62. The molecule has 5 fully saturated rings. The number of hydrogen-bond donors (Lipinski definition) is 0. The van der Waals surface area contributed by atoms with Crippen LogP contribution in [0.5, 0.6) is 0 Å². The van der Waals surface area contributed by atoms with Crippen molar-refractivity contribution in [3.63, 3.8) is 0 Å². The number of fused-ring (bicyclic) bond motifs is 5. The number of ether oxygens (including phenoxy) is 2. The van der Waals surface area contributed by atoms with Crippen molar-refractivity contribution < 1.29 is 23.9 Å². The molecular weight excluding hydrogens is 382 g/mol. The van der Waals surface area contributed by atoms with Gasteiger partial charge >= 0.3 is 12.1 Å². The second kappa shape index (κ2) is 6.70. The van der Waals surface area contributed by atoms with Gasteiger partial charge in [-0.1, -0.05) is 13.8 Å². The van der Waals surface area contributed by atoms with E-state index in [0.29, 0.717) is 36.0 Å². The summed E-state index contributed by atoms with van der Waals surface area (Å²) in [6, 6.07) is 0. The van der Waals surface area contributed by atoms with E-state index in [0.717, 1.165) is 51.4 Å². The highest BCUT2D eigenvalue weighted by Crippen LogP contribution is 2.66. The third-order valence-electron chi connectivity index (χ3n) is 10.1. The van der Waals surface area contributed by atoms with E-state index < -0.39 is 11.6 Å². The summed E-state index contributed by atoms with van der Waals surface area (Å²) in [5.74, 6) is 2.57. The van der Waals surface area contributed by atoms with Gasteiger partial charge in [0.1, 0.15) is 17.9 Å². The fourth-order valence-electron chi connectivity index (χ4n) is 8.35. The largest absolute Gasteiger partial charge is 0.468 e. The molecule has 1 saturated heterocycles. The molecule has 1 aliphatic heterocycles. The average Bonchev–Trinajstić information content (AvgIpc) is 3.18. The Morgan fingerprint density at radius 2 is 1.90 bits per heavy atom. The zero-order chi connectivity index (χ0) is 21.3. The Morgan fingerprint density at radius 3 is 2.67 bits per heavy atom. The van der Waals surface area contributed by atoms with Crippen LogP contribution >= 0.6 is 0 Å². The smallest absolute Gasteiger partial charge is 0.411 e. The van der Waals surface area contributed by atoms with Crippen molar-refractivity contribution in [3.8, 4) is 0 Å². The summed E-state index contributed by atoms with van der Waals surface area (Å²) in [7, 11) is 1.34. The number of amides is 1. The van der Waals surface area contributed by atoms with Crippen molar-refractivity contribution >= 4 is 17.8 Å². The van der Waals surface area contributed by atoms with Crippen molar-refractivity contribution in [3.05, 3.63) is 0 Å². The van der Waals surface area contributed by atoms with Crippen molar-refractivity contribution in [1.82, 2.24) is 4.90 Å². The molecule has 0 aromatic heterocycles. The first kappa shape index (κ1) is 20.3. The molecule has 5 rings (SSSR count). The van der Waals surface area contributed by atoms with Crippen LogP contribution in [0, 0.1) is 34.5 Å². The molecule has 1 heterocycles. The van der Waals surface area contributed by atoms with E-state index in [2.05, 4.69) is 13.8 Å². The first-order valence-electron chi connectivity index (χ1n) is 11.8. The lowest BCUT2D eigenvalue weighted by Crippen LogP contribution is -2.56. The van der Waals surface area contributed by atoms with Gasteiger partial charge in [0.15, 0.2) is 0 Å². The summed E-state index contributed by atoms with van der Waals surface area (Å²) >= 11 is 0. The van der Waals surface area contributed by atoms with Gasteiger partial charge < -0.3 is 9.47 Å². The van der Waals surface area contributed by atoms with E-state index in [9.17, 15) is 14.4 Å². The van der Waals surface area contributed by atoms with Gasteiger partial charge in [-0.15, -0.1) is 0 Å². The number of carbonyl (C=O) groups excluding carboxylic acids is 3. The summed E-state index contributed by atoms with van der Waals surface area (Å²) in [6.07, 6.45) is 8.89. The third kappa shape index (κ3) is 2.77. The normalized spacial score (nSPS) is 47.5. The molecule has 5 aliphatic rings. The molecule has 6 nitrogen and oxygen atoms in total. The molecule has 0 aromatic carbocycles. The van der Waals surface area contributed by atoms with E-state index >= 15 is 0 Å². The molecule has 0 aromatic rings. The summed E-state index contributed by atoms with van der Waals surface area (Å²) in [5, 5.41) is 0. The Bertz CT molecular complexity index is 782. The molecule has 7 atom stereocenters. The number of Topliss-reactive ketones (excluding diaryl/α,β-unsaturated/α-hetero) is 1. The zero-order valence-corrected chi connectivity index (χ0v) is 18.6. The second-order valence-electron chi connectivity index (χ2n) is 11.3. The molecule has 4 saturated carbocycles. The van der Waals surface area contributed by atoms with Crippen molar-refractivity contribution in [2.24, 2.45) is 34.5 Å². The monoisotopic (exact) mass is 417 g/mol. The Balaban J connectivity index is 1.33. The zero-order valence-electron chi connectivity index (χ0n) is 18.6. The van der Waals surface area contributed by atoms with Crippen LogP contribution in [0.25, 0.3) is 0 Å². The number of carbonyl (C=O) groups is 3. The minimum atomic E-state index is -0.450. The minimum absolute atomic E-state index is 0.0298. The van der Waals surface area contributed by atoms with Crippen LogP contribution in [-0.4, -0.2) is 48.5 Å². The number of esters is 1. The van der Waals surface area contributed by atoms with E-state index in [1.165, 1.54) is 18.4 Å². The molecule has 0 N–H and O–H groups in total. The number of methoxy groups -OCH3 is 1. The van der Waals surface area contributed by atoms with Gasteiger partial charge in [-0.05, 0) is 80.5 Å². The van der Waals surface area contributed by atoms with Gasteiger partial charge in [-0.2, -0.15) is 0 Å². The first-order valence-corrected chi connectivity index (χ1v) is 11.8. The van der Waals surface area contributed by atoms with Crippen molar-refractivity contribution in [1.29, 1.82) is 0 Å². The lowest BCUT2D eigenvalue weighted by atomic mass is 9.44. The minimum Gasteiger partial charge on any atom is -0.468 e. The lowest BCUT2D eigenvalue weighted by Gasteiger charge is -2.61. The summed E-state index contributed by atoms with van der Waals surface area (Å²) in [6.45, 7) is 5.18. The molecule has 1 amide bonds. The Morgan fingerprint density at radius 1 is 1.10 bits per heavy atom. The predicted molar refractivity (Wildman–Crippen MR) is 110 cm³/mol. The second-order valence-corrected chi connectivity index (χ2v) is 11.3. The SMILES string of the molecule is COC(=O)CN1CC2(CCC3(C)C(CCC4C5CCC(=O)C5(C)CCC43)C2)OC1=O. The Hall–Kier alpha value is -1.59. The van der Waals surface area contributed by atoms with Crippen LogP contribution in [-0.2, 0) is 19.1 Å². The van der Waals surface area contributed by atoms with E-state index in [4.69, 9.17) is 9.47 Å². The van der Waals surface area contributed by atoms with E-state index in [1.807, 2.05) is 0 Å². The van der Waals surface area contributed by atoms with Crippen LogP contribution in [0.15, 0.2) is 0 Å². The number of rotatable bonds is 2. The Labute approximate surface area is 179 Å². The molecule has 4 aliphatic carbocycles. The molecule has 6 heteroatoms. The van der Waals surface area contributed by atoms with E-state index in [1.54, 1.807) is 0 Å². The Kier molecular flexibility index (Phi) is 4.54. The molecular formula is C24H35NO5. The highest BCUT2D eigenvalue weighted by atomic mass is 16.6. The van der Waals surface area contributed by atoms with Gasteiger partial charge in [0.2, 0.25) is 0 Å². The van der Waals surface area contributed by atoms with Gasteiger partial charge in [-0.3, -0.25) is 14.5 Å². The lowest BCUT2D eigenvalue weighted by molar-refractivity contribution is -0.149. The van der Waals surface area contributed by atoms with Gasteiger partial charge in [0, 0.05) is 11.8 Å². The fraction of sp³-hybridized carbons (Fsp3) is 0.875. The number of hydrogen-bond acceptors (Lipinski definition) is 5. The quantitative estimate of drug-likeness (QED) is 0.636. The maximum atomic E-state index is 12.6. The molecule has 0 bridgehead atoms. The molecule has 166 valence electrons. The highest BCUT2D eigenvalue weighted by molar-refractivity contribution is 5.87. The van der Waals surface area contributed by atoms with Gasteiger partial charge in [-0.25, -0.2) is 4.79 Å². The maximum absolute atomic E-state index is 12.6. The van der Waals surface area contributed by atoms with Crippen molar-refractivity contribution in [2.75, 3.05) is 20.2 Å². The predicted octanol–water partition coefficient (Wildman–Crippen LogP) is 3.96. The summed E-state index contributed by atoms with van der Waals surface area (Å²) in [5.41, 5.74) is -0.256. The van der Waals surface area contributed by atoms with Gasteiger partial charge in [0.25, 0.3) is 0 Å². The third-order valence-corrected chi connectivity index (χ3v) is 10.1. The molecule has 7 unspecified atom stereocenters. The van der Waals surface area contributed by atoms with E-state index in [-0.39, 0.29) is 23.5 Å². The molecule has 1 spiro atoms. The van der Waals surface area contributed by atoms with Crippen LogP contribution in [0.4, 0.5) is 4.79 Å². The van der Waals surface area contributed by atoms with Crippen LogP contribution in [0.1, 0.15) is 71.6 Å². The van der Waals surface area contributed by atoms with Gasteiger partial charge in [0.05, 0.1) is 13.7 Å². The average molecular weight is 418 g/mol.